The van der Waals surface area contributed by atoms with Crippen molar-refractivity contribution in [1.82, 2.24) is 4.90 Å². The van der Waals surface area contributed by atoms with E-state index in [9.17, 15) is 9.13 Å². The van der Waals surface area contributed by atoms with Gasteiger partial charge in [-0.1, -0.05) is 0 Å². The number of rotatable bonds is 5. The Morgan fingerprint density at radius 1 is 1.45 bits per heavy atom. The van der Waals surface area contributed by atoms with Crippen molar-refractivity contribution in [2.45, 2.75) is 0 Å². The average molecular weight is 203 g/mol. The summed E-state index contributed by atoms with van der Waals surface area (Å²) in [5.41, 5.74) is 0. The lowest BCUT2D eigenvalue weighted by molar-refractivity contribution is 0.171. The first-order valence-corrected chi connectivity index (χ1v) is 5.23. The van der Waals surface area contributed by atoms with Crippen LogP contribution >= 0.6 is 16.5 Å². The third kappa shape index (κ3) is 8.20. The molecular formula is C3H11NO5P2. The van der Waals surface area contributed by atoms with Crippen LogP contribution in [-0.4, -0.2) is 30.6 Å². The molecular weight excluding hydrogens is 192 g/mol. The summed E-state index contributed by atoms with van der Waals surface area (Å²) in [6, 6.07) is 0. The van der Waals surface area contributed by atoms with Crippen LogP contribution in [-0.2, 0) is 18.0 Å². The van der Waals surface area contributed by atoms with E-state index >= 15 is 0 Å². The van der Waals surface area contributed by atoms with Gasteiger partial charge in [-0.15, -0.1) is 0 Å². The monoisotopic (exact) mass is 203 g/mol. The second-order valence-corrected chi connectivity index (χ2v) is 4.11. The zero-order chi connectivity index (χ0) is 8.85. The van der Waals surface area contributed by atoms with Crippen molar-refractivity contribution in [1.29, 1.82) is 0 Å². The van der Waals surface area contributed by atoms with Crippen LogP contribution in [0, 0.1) is 0 Å². The first kappa shape index (κ1) is 11.3. The van der Waals surface area contributed by atoms with Gasteiger partial charge in [-0.3, -0.25) is 18.6 Å². The third-order valence-electron chi connectivity index (χ3n) is 0.611. The molecule has 11 heavy (non-hydrogen) atoms. The van der Waals surface area contributed by atoms with E-state index in [1.54, 1.807) is 19.0 Å². The van der Waals surface area contributed by atoms with Crippen molar-refractivity contribution in [2.75, 3.05) is 20.8 Å². The molecule has 0 aromatic rings. The van der Waals surface area contributed by atoms with E-state index in [-0.39, 0.29) is 6.73 Å². The summed E-state index contributed by atoms with van der Waals surface area (Å²) >= 11 is 0. The van der Waals surface area contributed by atoms with E-state index in [0.29, 0.717) is 0 Å². The van der Waals surface area contributed by atoms with Gasteiger partial charge in [0, 0.05) is 0 Å². The number of nitrogens with zero attached hydrogens (tertiary/aromatic N) is 1. The van der Waals surface area contributed by atoms with Crippen LogP contribution in [0.25, 0.3) is 0 Å². The molecule has 0 fully saturated rings. The quantitative estimate of drug-likeness (QED) is 0.511. The molecule has 0 aromatic carbocycles. The topological polar surface area (TPSA) is 76.1 Å². The predicted octanol–water partition coefficient (Wildman–Crippen LogP) is 0.310. The van der Waals surface area contributed by atoms with E-state index < -0.39 is 16.5 Å². The Labute approximate surface area is 66.0 Å². The zero-order valence-corrected chi connectivity index (χ0v) is 8.23. The summed E-state index contributed by atoms with van der Waals surface area (Å²) in [7, 11) is -2.52. The lowest BCUT2D eigenvalue weighted by Gasteiger charge is -2.08. The van der Waals surface area contributed by atoms with Crippen molar-refractivity contribution in [2.24, 2.45) is 0 Å². The van der Waals surface area contributed by atoms with Gasteiger partial charge in [0.15, 0.2) is 0 Å². The minimum Gasteiger partial charge on any atom is -0.326 e. The molecule has 0 radical (unpaired) electrons. The van der Waals surface area contributed by atoms with Crippen molar-refractivity contribution in [3.05, 3.63) is 0 Å². The minimum atomic E-state index is -3.14. The molecule has 2 atom stereocenters. The maximum absolute atomic E-state index is 10.5. The van der Waals surface area contributed by atoms with Crippen molar-refractivity contribution >= 4 is 16.5 Å². The molecule has 0 bridgehead atoms. The van der Waals surface area contributed by atoms with Crippen molar-refractivity contribution < 1.29 is 22.9 Å². The summed E-state index contributed by atoms with van der Waals surface area (Å²) in [5.74, 6) is 0. The highest BCUT2D eigenvalue weighted by Crippen LogP contribution is 2.35. The Kier molecular flexibility index (Phi) is 6.05. The fourth-order valence-corrected chi connectivity index (χ4v) is 1.45. The molecule has 0 aliphatic heterocycles. The third-order valence-corrected chi connectivity index (χ3v) is 2.34. The molecule has 2 unspecified atom stereocenters. The van der Waals surface area contributed by atoms with Crippen molar-refractivity contribution in [3.63, 3.8) is 0 Å². The van der Waals surface area contributed by atoms with E-state index in [1.165, 1.54) is 0 Å². The van der Waals surface area contributed by atoms with Gasteiger partial charge >= 0.3 is 16.5 Å². The molecule has 8 heteroatoms. The van der Waals surface area contributed by atoms with E-state index in [1.807, 2.05) is 0 Å². The first-order valence-electron chi connectivity index (χ1n) is 2.74. The molecule has 68 valence electrons. The molecule has 0 saturated carbocycles. The Morgan fingerprint density at radius 2 is 2.00 bits per heavy atom. The maximum atomic E-state index is 10.5. The van der Waals surface area contributed by atoms with E-state index in [2.05, 4.69) is 8.83 Å². The predicted molar refractivity (Wildman–Crippen MR) is 40.9 cm³/mol. The average Bonchev–Trinajstić information content (AvgIpc) is 1.82. The first-order chi connectivity index (χ1) is 5.02. The van der Waals surface area contributed by atoms with Gasteiger partial charge in [0.2, 0.25) is 0 Å². The van der Waals surface area contributed by atoms with Gasteiger partial charge in [-0.05, 0) is 14.1 Å². The lowest BCUT2D eigenvalue weighted by Crippen LogP contribution is -2.13. The van der Waals surface area contributed by atoms with E-state index in [0.717, 1.165) is 0 Å². The zero-order valence-electron chi connectivity index (χ0n) is 6.23. The molecule has 1 N–H and O–H groups in total. The van der Waals surface area contributed by atoms with Crippen molar-refractivity contribution in [3.8, 4) is 0 Å². The molecule has 0 rings (SSSR count). The molecule has 0 spiro atoms. The molecule has 0 saturated heterocycles. The maximum Gasteiger partial charge on any atom is 0.327 e. The molecule has 0 aliphatic carbocycles. The summed E-state index contributed by atoms with van der Waals surface area (Å²) in [4.78, 5) is 9.76. The fourth-order valence-electron chi connectivity index (χ4n) is 0.283. The Balaban J connectivity index is 3.46. The molecule has 0 amide bonds. The van der Waals surface area contributed by atoms with Crippen LogP contribution in [0.3, 0.4) is 0 Å². The van der Waals surface area contributed by atoms with E-state index in [4.69, 9.17) is 4.89 Å². The van der Waals surface area contributed by atoms with Crippen LogP contribution in [0.4, 0.5) is 0 Å². The van der Waals surface area contributed by atoms with Gasteiger partial charge in [0.05, 0.1) is 0 Å². The minimum absolute atomic E-state index is 0.104. The highest BCUT2D eigenvalue weighted by Gasteiger charge is 2.02. The normalized spacial score (nSPS) is 16.7. The molecule has 6 nitrogen and oxygen atoms in total. The fraction of sp³-hybridized carbons (Fsp3) is 1.00. The van der Waals surface area contributed by atoms with Crippen LogP contribution < -0.4 is 0 Å². The molecule has 0 heterocycles. The summed E-state index contributed by atoms with van der Waals surface area (Å²) in [5, 5.41) is 0. The number of hydrogen-bond donors (Lipinski definition) is 1. The van der Waals surface area contributed by atoms with Gasteiger partial charge < -0.3 is 4.89 Å². The van der Waals surface area contributed by atoms with Crippen LogP contribution in [0.5, 0.6) is 0 Å². The molecule has 0 aromatic heterocycles. The van der Waals surface area contributed by atoms with Crippen LogP contribution in [0.1, 0.15) is 0 Å². The summed E-state index contributed by atoms with van der Waals surface area (Å²) in [6.07, 6.45) is 0. The summed E-state index contributed by atoms with van der Waals surface area (Å²) in [6.45, 7) is 0.104. The van der Waals surface area contributed by atoms with Gasteiger partial charge in [-0.25, -0.2) is 4.31 Å². The molecule has 0 aliphatic rings. The Morgan fingerprint density at radius 3 is 2.36 bits per heavy atom. The highest BCUT2D eigenvalue weighted by atomic mass is 31.2. The SMILES string of the molecule is CN(C)CO[PH](=O)O[PH](=O)O. The summed E-state index contributed by atoms with van der Waals surface area (Å²) < 4.78 is 29.0. The second kappa shape index (κ2) is 5.89. The Hall–Kier alpha value is 0.300. The standard InChI is InChI=1S/C3H11NO5P2/c1-4(2)3-8-11(7)9-10(5)6/h10-11H,3H2,1-2H3,(H,5,6). The smallest absolute Gasteiger partial charge is 0.326 e. The lowest BCUT2D eigenvalue weighted by atomic mass is 11.0. The van der Waals surface area contributed by atoms with Gasteiger partial charge in [0.1, 0.15) is 6.73 Å². The largest absolute Gasteiger partial charge is 0.327 e. The Bertz CT molecular complexity index is 160. The second-order valence-electron chi connectivity index (χ2n) is 1.97. The number of hydrogen-bond acceptors (Lipinski definition) is 5. The van der Waals surface area contributed by atoms with Gasteiger partial charge in [-0.2, -0.15) is 0 Å². The van der Waals surface area contributed by atoms with Gasteiger partial charge in [0.25, 0.3) is 0 Å². The highest BCUT2D eigenvalue weighted by molar-refractivity contribution is 7.47. The van der Waals surface area contributed by atoms with Crippen LogP contribution in [0.2, 0.25) is 0 Å². The van der Waals surface area contributed by atoms with Crippen LogP contribution in [0.15, 0.2) is 0 Å².